The van der Waals surface area contributed by atoms with E-state index in [1.807, 2.05) is 36.4 Å². The van der Waals surface area contributed by atoms with Crippen molar-refractivity contribution in [2.24, 2.45) is 0 Å². The van der Waals surface area contributed by atoms with Gasteiger partial charge in [-0.15, -0.1) is 0 Å². The van der Waals surface area contributed by atoms with Gasteiger partial charge in [-0.2, -0.15) is 5.48 Å². The first-order chi connectivity index (χ1) is 12.6. The van der Waals surface area contributed by atoms with Crippen molar-refractivity contribution in [3.8, 4) is 22.3 Å². The summed E-state index contributed by atoms with van der Waals surface area (Å²) < 4.78 is 0. The van der Waals surface area contributed by atoms with E-state index in [-0.39, 0.29) is 0 Å². The summed E-state index contributed by atoms with van der Waals surface area (Å²) in [6, 6.07) is 21.9. The molecule has 26 heavy (non-hydrogen) atoms. The maximum absolute atomic E-state index is 12.5. The first kappa shape index (κ1) is 16.1. The van der Waals surface area contributed by atoms with Crippen LogP contribution in [0, 0.1) is 0 Å². The smallest absolute Gasteiger partial charge is 0.329 e. The van der Waals surface area contributed by atoms with Gasteiger partial charge in [0.25, 0.3) is 5.91 Å². The van der Waals surface area contributed by atoms with Gasteiger partial charge in [0.15, 0.2) is 0 Å². The molecule has 0 spiro atoms. The molecule has 1 amide bonds. The lowest BCUT2D eigenvalue weighted by atomic mass is 9.92. The number of rotatable bonds is 2. The van der Waals surface area contributed by atoms with Crippen LogP contribution >= 0.6 is 0 Å². The first-order valence-corrected chi connectivity index (χ1v) is 8.42. The van der Waals surface area contributed by atoms with Gasteiger partial charge in [-0.05, 0) is 45.9 Å². The van der Waals surface area contributed by atoms with Crippen molar-refractivity contribution in [1.29, 1.82) is 0 Å². The Morgan fingerprint density at radius 2 is 1.42 bits per heavy atom. The summed E-state index contributed by atoms with van der Waals surface area (Å²) in [6.45, 7) is 1.24. The molecule has 0 radical (unpaired) electrons. The summed E-state index contributed by atoms with van der Waals surface area (Å²) in [4.78, 5) is 28.1. The van der Waals surface area contributed by atoms with Crippen molar-refractivity contribution < 1.29 is 14.4 Å². The third-order valence-electron chi connectivity index (χ3n) is 4.60. The fourth-order valence-corrected chi connectivity index (χ4v) is 3.50. The van der Waals surface area contributed by atoms with Crippen LogP contribution in [0.5, 0.6) is 0 Å². The molecule has 0 atom stereocenters. The average molecular weight is 343 g/mol. The van der Waals surface area contributed by atoms with Gasteiger partial charge in [0, 0.05) is 6.92 Å². The van der Waals surface area contributed by atoms with Gasteiger partial charge in [0.2, 0.25) is 0 Å². The van der Waals surface area contributed by atoms with Gasteiger partial charge in [-0.25, -0.2) is 0 Å². The lowest BCUT2D eigenvalue weighted by Crippen LogP contribution is -2.26. The fraction of sp³-hybridized carbons (Fsp3) is 0.0909. The predicted molar refractivity (Wildman–Crippen MR) is 99.4 cm³/mol. The van der Waals surface area contributed by atoms with Crippen molar-refractivity contribution in [2.45, 2.75) is 13.3 Å². The lowest BCUT2D eigenvalue weighted by molar-refractivity contribution is -0.146. The van der Waals surface area contributed by atoms with E-state index >= 15 is 0 Å². The number of carbonyl (C=O) groups excluding carboxylic acids is 2. The number of hydrogen-bond acceptors (Lipinski definition) is 3. The van der Waals surface area contributed by atoms with E-state index in [2.05, 4.69) is 28.5 Å². The highest BCUT2D eigenvalue weighted by Gasteiger charge is 2.23. The van der Waals surface area contributed by atoms with Gasteiger partial charge in [0.1, 0.15) is 0 Å². The Balaban J connectivity index is 1.79. The van der Waals surface area contributed by atoms with Crippen molar-refractivity contribution >= 4 is 11.9 Å². The van der Waals surface area contributed by atoms with Crippen LogP contribution in [0.3, 0.4) is 0 Å². The molecule has 1 aliphatic carbocycles. The Morgan fingerprint density at radius 3 is 2.19 bits per heavy atom. The zero-order valence-electron chi connectivity index (χ0n) is 14.3. The first-order valence-electron chi connectivity index (χ1n) is 8.42. The second-order valence-electron chi connectivity index (χ2n) is 6.24. The zero-order chi connectivity index (χ0) is 18.1. The second-order valence-corrected chi connectivity index (χ2v) is 6.24. The molecular formula is C22H17NO3. The van der Waals surface area contributed by atoms with Gasteiger partial charge in [-0.1, -0.05) is 60.7 Å². The molecule has 0 fully saturated rings. The minimum Gasteiger partial charge on any atom is -0.341 e. The molecule has 3 aromatic carbocycles. The Morgan fingerprint density at radius 1 is 0.808 bits per heavy atom. The summed E-state index contributed by atoms with van der Waals surface area (Å²) in [6.07, 6.45) is 0.835. The minimum absolute atomic E-state index is 0.441. The van der Waals surface area contributed by atoms with Crippen LogP contribution in [0.25, 0.3) is 22.3 Å². The number of benzene rings is 3. The van der Waals surface area contributed by atoms with E-state index in [1.54, 1.807) is 12.1 Å². The van der Waals surface area contributed by atoms with E-state index in [4.69, 9.17) is 0 Å². The topological polar surface area (TPSA) is 55.4 Å². The quantitative estimate of drug-likeness (QED) is 0.557. The maximum atomic E-state index is 12.5. The highest BCUT2D eigenvalue weighted by molar-refractivity contribution is 6.02. The number of fused-ring (bicyclic) bond motifs is 3. The van der Waals surface area contributed by atoms with E-state index in [0.29, 0.717) is 5.56 Å². The second kappa shape index (κ2) is 6.48. The van der Waals surface area contributed by atoms with Crippen molar-refractivity contribution in [3.05, 3.63) is 83.4 Å². The Kier molecular flexibility index (Phi) is 4.01. The zero-order valence-corrected chi connectivity index (χ0v) is 14.3. The van der Waals surface area contributed by atoms with Crippen molar-refractivity contribution in [1.82, 2.24) is 5.48 Å². The summed E-state index contributed by atoms with van der Waals surface area (Å²) in [5.41, 5.74) is 9.46. The lowest BCUT2D eigenvalue weighted by Gasteiger charge is -2.13. The van der Waals surface area contributed by atoms with E-state index in [1.165, 1.54) is 29.2 Å². The molecule has 4 heteroatoms. The molecule has 0 bridgehead atoms. The Bertz CT molecular complexity index is 1020. The average Bonchev–Trinajstić information content (AvgIpc) is 3.05. The summed E-state index contributed by atoms with van der Waals surface area (Å²) in [5.74, 6) is -1.00. The van der Waals surface area contributed by atoms with Crippen LogP contribution in [0.15, 0.2) is 66.7 Å². The monoisotopic (exact) mass is 343 g/mol. The van der Waals surface area contributed by atoms with E-state index in [9.17, 15) is 9.59 Å². The molecule has 3 aromatic rings. The Hall–Kier alpha value is -3.40. The molecule has 0 aliphatic heterocycles. The SMILES string of the molecule is CC(=O)ONC(=O)c1ccccc1-c1cccc2c1Cc1ccccc1-2. The minimum atomic E-state index is -0.563. The number of hydroxylamine groups is 1. The van der Waals surface area contributed by atoms with Crippen LogP contribution < -0.4 is 5.48 Å². The Labute approximate surface area is 151 Å². The third kappa shape index (κ3) is 2.75. The number of amides is 1. The van der Waals surface area contributed by atoms with Gasteiger partial charge < -0.3 is 4.84 Å². The van der Waals surface area contributed by atoms with Crippen molar-refractivity contribution in [2.75, 3.05) is 0 Å². The van der Waals surface area contributed by atoms with Crippen LogP contribution in [0.1, 0.15) is 28.4 Å². The molecule has 0 unspecified atom stereocenters. The molecule has 0 saturated heterocycles. The number of hydrogen-bond donors (Lipinski definition) is 1. The van der Waals surface area contributed by atoms with E-state index < -0.39 is 11.9 Å². The standard InChI is InChI=1S/C22H17NO3/c1-14(24)26-23-22(25)20-10-5-4-9-18(20)19-12-6-11-17-16-8-3-2-7-15(16)13-21(17)19/h2-12H,13H2,1H3,(H,23,25). The fourth-order valence-electron chi connectivity index (χ4n) is 3.50. The summed E-state index contributed by atoms with van der Waals surface area (Å²) in [5, 5.41) is 0. The van der Waals surface area contributed by atoms with Gasteiger partial charge >= 0.3 is 5.97 Å². The van der Waals surface area contributed by atoms with Crippen LogP contribution in [0.4, 0.5) is 0 Å². The highest BCUT2D eigenvalue weighted by Crippen LogP contribution is 2.42. The molecule has 128 valence electrons. The molecule has 0 heterocycles. The molecule has 0 saturated carbocycles. The van der Waals surface area contributed by atoms with Crippen LogP contribution in [0.2, 0.25) is 0 Å². The molecule has 1 N–H and O–H groups in total. The van der Waals surface area contributed by atoms with Gasteiger partial charge in [-0.3, -0.25) is 9.59 Å². The molecule has 4 rings (SSSR count). The van der Waals surface area contributed by atoms with Crippen LogP contribution in [-0.4, -0.2) is 11.9 Å². The highest BCUT2D eigenvalue weighted by atomic mass is 16.7. The summed E-state index contributed by atoms with van der Waals surface area (Å²) >= 11 is 0. The predicted octanol–water partition coefficient (Wildman–Crippen LogP) is 4.13. The largest absolute Gasteiger partial charge is 0.341 e. The molecule has 4 nitrogen and oxygen atoms in total. The molecular weight excluding hydrogens is 326 g/mol. The summed E-state index contributed by atoms with van der Waals surface area (Å²) in [7, 11) is 0. The maximum Gasteiger partial charge on any atom is 0.329 e. The molecule has 0 aromatic heterocycles. The van der Waals surface area contributed by atoms with Crippen LogP contribution in [-0.2, 0) is 16.1 Å². The number of carbonyl (C=O) groups is 2. The normalized spacial score (nSPS) is 11.4. The molecule has 1 aliphatic rings. The van der Waals surface area contributed by atoms with Crippen molar-refractivity contribution in [3.63, 3.8) is 0 Å². The van der Waals surface area contributed by atoms with E-state index in [0.717, 1.165) is 17.5 Å². The van der Waals surface area contributed by atoms with Gasteiger partial charge in [0.05, 0.1) is 5.56 Å². The number of nitrogens with one attached hydrogen (secondary N) is 1. The third-order valence-corrected chi connectivity index (χ3v) is 4.60.